The Bertz CT molecular complexity index is 624. The molecule has 0 bridgehead atoms. The van der Waals surface area contributed by atoms with Crippen molar-refractivity contribution < 1.29 is 0 Å². The molecule has 2 N–H and O–H groups in total. The van der Waals surface area contributed by atoms with Gasteiger partial charge < -0.3 is 5.73 Å². The smallest absolute Gasteiger partial charge is 0.113 e. The van der Waals surface area contributed by atoms with E-state index < -0.39 is 0 Å². The molecule has 4 nitrogen and oxygen atoms in total. The fourth-order valence-electron chi connectivity index (χ4n) is 1.71. The Morgan fingerprint density at radius 2 is 1.82 bits per heavy atom. The predicted octanol–water partition coefficient (Wildman–Crippen LogP) is 1.68. The Balaban J connectivity index is 2.13. The molecule has 0 aliphatic rings. The highest BCUT2D eigenvalue weighted by Crippen LogP contribution is 2.12. The van der Waals surface area contributed by atoms with Crippen molar-refractivity contribution in [3.63, 3.8) is 0 Å². The van der Waals surface area contributed by atoms with Gasteiger partial charge in [-0.05, 0) is 23.8 Å². The van der Waals surface area contributed by atoms with E-state index in [9.17, 15) is 0 Å². The SMILES string of the molecule is NCc1cc[c]c(-n2nc3ccccc3n2)c1. The van der Waals surface area contributed by atoms with Crippen molar-refractivity contribution in [2.75, 3.05) is 0 Å². The van der Waals surface area contributed by atoms with Crippen molar-refractivity contribution in [1.82, 2.24) is 15.0 Å². The molecule has 0 saturated heterocycles. The van der Waals surface area contributed by atoms with Gasteiger partial charge in [0.15, 0.2) is 0 Å². The summed E-state index contributed by atoms with van der Waals surface area (Å²) in [5.74, 6) is 0. The Morgan fingerprint density at radius 1 is 1.12 bits per heavy atom. The minimum absolute atomic E-state index is 0.502. The zero-order chi connectivity index (χ0) is 11.7. The van der Waals surface area contributed by atoms with Crippen molar-refractivity contribution in [3.8, 4) is 5.69 Å². The average Bonchev–Trinajstić information content (AvgIpc) is 2.82. The number of nitrogens with zero attached hydrogens (tertiary/aromatic N) is 3. The van der Waals surface area contributed by atoms with Crippen LogP contribution < -0.4 is 5.73 Å². The lowest BCUT2D eigenvalue weighted by atomic mass is 10.2. The summed E-state index contributed by atoms with van der Waals surface area (Å²) in [4.78, 5) is 1.59. The van der Waals surface area contributed by atoms with Gasteiger partial charge in [0.2, 0.25) is 0 Å². The molecule has 3 rings (SSSR count). The van der Waals surface area contributed by atoms with Crippen LogP contribution in [-0.4, -0.2) is 15.0 Å². The molecule has 1 heterocycles. The first-order valence-electron chi connectivity index (χ1n) is 5.40. The minimum atomic E-state index is 0.502. The molecule has 0 aliphatic carbocycles. The Morgan fingerprint density at radius 3 is 2.47 bits per heavy atom. The van der Waals surface area contributed by atoms with E-state index >= 15 is 0 Å². The molecule has 0 fully saturated rings. The van der Waals surface area contributed by atoms with Gasteiger partial charge >= 0.3 is 0 Å². The maximum atomic E-state index is 5.61. The molecule has 0 aliphatic heterocycles. The summed E-state index contributed by atoms with van der Waals surface area (Å²) in [5.41, 5.74) is 9.21. The van der Waals surface area contributed by atoms with E-state index in [0.717, 1.165) is 22.3 Å². The van der Waals surface area contributed by atoms with Crippen LogP contribution in [0.4, 0.5) is 0 Å². The minimum Gasteiger partial charge on any atom is -0.326 e. The zero-order valence-electron chi connectivity index (χ0n) is 9.17. The van der Waals surface area contributed by atoms with Crippen LogP contribution in [-0.2, 0) is 6.54 Å². The highest BCUT2D eigenvalue weighted by molar-refractivity contribution is 5.73. The number of benzene rings is 2. The van der Waals surface area contributed by atoms with Crippen LogP contribution >= 0.6 is 0 Å². The molecule has 0 amide bonds. The van der Waals surface area contributed by atoms with Crippen molar-refractivity contribution >= 4 is 11.0 Å². The number of fused-ring (bicyclic) bond motifs is 1. The number of hydrogen-bond donors (Lipinski definition) is 1. The third-order valence-corrected chi connectivity index (χ3v) is 2.59. The number of rotatable bonds is 2. The Hall–Kier alpha value is -2.20. The lowest BCUT2D eigenvalue weighted by molar-refractivity contribution is 0.762. The van der Waals surface area contributed by atoms with Gasteiger partial charge in [-0.25, -0.2) is 0 Å². The van der Waals surface area contributed by atoms with Crippen LogP contribution in [0.1, 0.15) is 5.56 Å². The van der Waals surface area contributed by atoms with E-state index in [1.54, 1.807) is 4.80 Å². The third kappa shape index (κ3) is 1.79. The molecule has 0 atom stereocenters. The number of hydrogen-bond acceptors (Lipinski definition) is 3. The largest absolute Gasteiger partial charge is 0.326 e. The quantitative estimate of drug-likeness (QED) is 0.719. The van der Waals surface area contributed by atoms with E-state index in [4.69, 9.17) is 5.73 Å². The first-order valence-corrected chi connectivity index (χ1v) is 5.40. The third-order valence-electron chi connectivity index (χ3n) is 2.59. The molecule has 17 heavy (non-hydrogen) atoms. The summed E-state index contributed by atoms with van der Waals surface area (Å²) < 4.78 is 0. The monoisotopic (exact) mass is 223 g/mol. The van der Waals surface area contributed by atoms with Crippen molar-refractivity contribution in [1.29, 1.82) is 0 Å². The Kier molecular flexibility index (Phi) is 2.34. The van der Waals surface area contributed by atoms with E-state index in [-0.39, 0.29) is 0 Å². The number of nitrogens with two attached hydrogens (primary N) is 1. The number of aromatic nitrogens is 3. The summed E-state index contributed by atoms with van der Waals surface area (Å²) in [6, 6.07) is 16.6. The van der Waals surface area contributed by atoms with Crippen LogP contribution in [0.25, 0.3) is 16.7 Å². The maximum Gasteiger partial charge on any atom is 0.113 e. The van der Waals surface area contributed by atoms with Gasteiger partial charge in [0, 0.05) is 12.6 Å². The highest BCUT2D eigenvalue weighted by Gasteiger charge is 2.04. The fourth-order valence-corrected chi connectivity index (χ4v) is 1.71. The summed E-state index contributed by atoms with van der Waals surface area (Å²) in [5, 5.41) is 8.78. The van der Waals surface area contributed by atoms with Gasteiger partial charge in [-0.3, -0.25) is 0 Å². The van der Waals surface area contributed by atoms with Gasteiger partial charge in [-0.15, -0.1) is 15.0 Å². The van der Waals surface area contributed by atoms with Crippen LogP contribution in [0.5, 0.6) is 0 Å². The molecule has 0 unspecified atom stereocenters. The molecule has 4 heteroatoms. The lowest BCUT2D eigenvalue weighted by Gasteiger charge is -2.00. The highest BCUT2D eigenvalue weighted by atomic mass is 15.5. The van der Waals surface area contributed by atoms with E-state index in [1.165, 1.54) is 0 Å². The second-order valence-corrected chi connectivity index (χ2v) is 3.76. The maximum absolute atomic E-state index is 5.61. The molecule has 0 saturated carbocycles. The fraction of sp³-hybridized carbons (Fsp3) is 0.0769. The normalized spacial score (nSPS) is 10.9. The van der Waals surface area contributed by atoms with Crippen molar-refractivity contribution in [2.45, 2.75) is 6.54 Å². The van der Waals surface area contributed by atoms with E-state index in [2.05, 4.69) is 16.3 Å². The topological polar surface area (TPSA) is 56.7 Å². The average molecular weight is 223 g/mol. The molecule has 1 radical (unpaired) electrons. The molecule has 3 aromatic rings. The summed E-state index contributed by atoms with van der Waals surface area (Å²) in [7, 11) is 0. The van der Waals surface area contributed by atoms with Gasteiger partial charge in [-0.1, -0.05) is 24.3 Å². The van der Waals surface area contributed by atoms with Crippen molar-refractivity contribution in [3.05, 3.63) is 54.1 Å². The second kappa shape index (κ2) is 3.99. The van der Waals surface area contributed by atoms with Crippen LogP contribution in [0, 0.1) is 6.07 Å². The van der Waals surface area contributed by atoms with Gasteiger partial charge in [0.05, 0.1) is 5.69 Å². The summed E-state index contributed by atoms with van der Waals surface area (Å²) in [6.45, 7) is 0.502. The second-order valence-electron chi connectivity index (χ2n) is 3.76. The first kappa shape index (κ1) is 9.99. The van der Waals surface area contributed by atoms with E-state index in [1.807, 2.05) is 42.5 Å². The van der Waals surface area contributed by atoms with Gasteiger partial charge in [0.1, 0.15) is 11.0 Å². The van der Waals surface area contributed by atoms with Gasteiger partial charge in [-0.2, -0.15) is 0 Å². The van der Waals surface area contributed by atoms with Crippen LogP contribution in [0.3, 0.4) is 0 Å². The Labute approximate surface area is 98.7 Å². The molecule has 1 aromatic heterocycles. The van der Waals surface area contributed by atoms with Crippen LogP contribution in [0.2, 0.25) is 0 Å². The zero-order valence-corrected chi connectivity index (χ0v) is 9.17. The van der Waals surface area contributed by atoms with Gasteiger partial charge in [0.25, 0.3) is 0 Å². The first-order chi connectivity index (χ1) is 8.36. The van der Waals surface area contributed by atoms with Crippen molar-refractivity contribution in [2.24, 2.45) is 5.73 Å². The van der Waals surface area contributed by atoms with E-state index in [0.29, 0.717) is 6.54 Å². The summed E-state index contributed by atoms with van der Waals surface area (Å²) in [6.07, 6.45) is 0. The summed E-state index contributed by atoms with van der Waals surface area (Å²) >= 11 is 0. The lowest BCUT2D eigenvalue weighted by Crippen LogP contribution is -2.02. The molecule has 83 valence electrons. The molecule has 2 aromatic carbocycles. The molecular formula is C13H11N4. The predicted molar refractivity (Wildman–Crippen MR) is 65.6 cm³/mol. The molecule has 0 spiro atoms. The molecular weight excluding hydrogens is 212 g/mol. The van der Waals surface area contributed by atoms with Crippen LogP contribution in [0.15, 0.2) is 42.5 Å². The standard InChI is InChI=1S/C13H11N4/c14-9-10-4-3-5-11(8-10)17-15-12-6-1-2-7-13(12)16-17/h1-4,6-8H,9,14H2.